The number of aromatic nitrogens is 1. The van der Waals surface area contributed by atoms with E-state index < -0.39 is 22.1 Å². The number of nitrogens with zero attached hydrogens (tertiary/aromatic N) is 3. The second-order valence-corrected chi connectivity index (χ2v) is 10.9. The van der Waals surface area contributed by atoms with Gasteiger partial charge in [0.2, 0.25) is 10.0 Å². The van der Waals surface area contributed by atoms with Crippen LogP contribution in [0.1, 0.15) is 26.7 Å². The van der Waals surface area contributed by atoms with E-state index >= 15 is 0 Å². The first-order valence-corrected chi connectivity index (χ1v) is 11.4. The van der Waals surface area contributed by atoms with Crippen LogP contribution in [0, 0.1) is 0 Å². The number of hydrogen-bond acceptors (Lipinski definition) is 5. The van der Waals surface area contributed by atoms with Gasteiger partial charge in [-0.15, -0.1) is 0 Å². The maximum absolute atomic E-state index is 13.0. The molecule has 142 valence electrons. The Bertz CT molecular complexity index is 740. The van der Waals surface area contributed by atoms with E-state index in [2.05, 4.69) is 4.98 Å². The van der Waals surface area contributed by atoms with Crippen molar-refractivity contribution in [3.05, 3.63) is 23.4 Å². The minimum atomic E-state index is -4.84. The molecule has 25 heavy (non-hydrogen) atoms. The normalized spacial score (nSPS) is 17.7. The predicted octanol–water partition coefficient (Wildman–Crippen LogP) is 1.88. The summed E-state index contributed by atoms with van der Waals surface area (Å²) in [6, 6.07) is 3.46. The first-order chi connectivity index (χ1) is 11.6. The standard InChI is InChI=1S/C14H23ClN3O5PS/c1-3-14(4-2,24(19,20)21)25(22,23)18-9-7-17(8-10-18)13-6-5-12(15)11-16-13/h5-6,11H,3-4,7-10H2,1-2H3,(H2,19,20,21). The van der Waals surface area contributed by atoms with Crippen molar-refractivity contribution in [2.75, 3.05) is 31.1 Å². The lowest BCUT2D eigenvalue weighted by atomic mass is 10.2. The third-order valence-electron chi connectivity index (χ3n) is 4.73. The van der Waals surface area contributed by atoms with E-state index in [0.29, 0.717) is 23.9 Å². The van der Waals surface area contributed by atoms with E-state index in [1.54, 1.807) is 12.1 Å². The summed E-state index contributed by atoms with van der Waals surface area (Å²) in [7, 11) is -9.00. The molecule has 0 amide bonds. The lowest BCUT2D eigenvalue weighted by molar-refractivity contribution is 0.325. The predicted molar refractivity (Wildman–Crippen MR) is 97.3 cm³/mol. The molecule has 8 nitrogen and oxygen atoms in total. The monoisotopic (exact) mass is 411 g/mol. The third kappa shape index (κ3) is 3.72. The number of sulfonamides is 1. The van der Waals surface area contributed by atoms with Gasteiger partial charge in [0.25, 0.3) is 0 Å². The second-order valence-electron chi connectivity index (χ2n) is 5.92. The zero-order valence-corrected chi connectivity index (χ0v) is 16.6. The Morgan fingerprint density at radius 2 is 1.76 bits per heavy atom. The fraction of sp³-hybridized carbons (Fsp3) is 0.643. The van der Waals surface area contributed by atoms with Crippen LogP contribution < -0.4 is 4.90 Å². The van der Waals surface area contributed by atoms with Gasteiger partial charge in [-0.1, -0.05) is 25.4 Å². The van der Waals surface area contributed by atoms with Gasteiger partial charge in [-0.05, 0) is 25.0 Å². The largest absolute Gasteiger partial charge is 0.354 e. The van der Waals surface area contributed by atoms with E-state index in [0.717, 1.165) is 0 Å². The van der Waals surface area contributed by atoms with Crippen molar-refractivity contribution in [1.82, 2.24) is 9.29 Å². The molecular formula is C14H23ClN3O5PS. The van der Waals surface area contributed by atoms with Gasteiger partial charge in [0, 0.05) is 32.4 Å². The summed E-state index contributed by atoms with van der Waals surface area (Å²) in [5, 5.41) is 0.516. The van der Waals surface area contributed by atoms with E-state index in [1.165, 1.54) is 24.3 Å². The molecule has 2 heterocycles. The van der Waals surface area contributed by atoms with Gasteiger partial charge in [-0.3, -0.25) is 4.57 Å². The van der Waals surface area contributed by atoms with E-state index in [1.807, 2.05) is 4.90 Å². The van der Waals surface area contributed by atoms with E-state index in [-0.39, 0.29) is 25.9 Å². The molecule has 2 rings (SSSR count). The summed E-state index contributed by atoms with van der Waals surface area (Å²) in [6.07, 6.45) is 1.23. The SMILES string of the molecule is CCC(CC)(P(=O)(O)O)S(=O)(=O)N1CCN(c2ccc(Cl)cn2)CC1. The first-order valence-electron chi connectivity index (χ1n) is 8.01. The number of anilines is 1. The highest BCUT2D eigenvalue weighted by molar-refractivity contribution is 7.97. The Morgan fingerprint density at radius 3 is 2.16 bits per heavy atom. The summed E-state index contributed by atoms with van der Waals surface area (Å²) in [5.41, 5.74) is 0. The summed E-state index contributed by atoms with van der Waals surface area (Å²) >= 11 is 5.82. The fourth-order valence-electron chi connectivity index (χ4n) is 3.13. The molecule has 0 radical (unpaired) electrons. The molecule has 1 aliphatic rings. The van der Waals surface area contributed by atoms with Gasteiger partial charge in [-0.2, -0.15) is 4.31 Å². The lowest BCUT2D eigenvalue weighted by Gasteiger charge is -2.40. The number of rotatable bonds is 6. The molecule has 0 bridgehead atoms. The Hall–Kier alpha value is -0.700. The van der Waals surface area contributed by atoms with Crippen molar-refractivity contribution in [2.24, 2.45) is 0 Å². The summed E-state index contributed by atoms with van der Waals surface area (Å²) in [5.74, 6) is 0.689. The number of pyridine rings is 1. The van der Waals surface area contributed by atoms with Crippen LogP contribution >= 0.6 is 19.2 Å². The number of hydrogen-bond donors (Lipinski definition) is 2. The van der Waals surface area contributed by atoms with Crippen LogP contribution in [-0.4, -0.2) is 58.2 Å². The van der Waals surface area contributed by atoms with Crippen molar-refractivity contribution in [3.8, 4) is 0 Å². The molecule has 0 unspecified atom stereocenters. The summed E-state index contributed by atoms with van der Waals surface area (Å²) < 4.78 is 37.1. The number of piperazine rings is 1. The second kappa shape index (κ2) is 7.50. The summed E-state index contributed by atoms with van der Waals surface area (Å²) in [4.78, 5) is 25.6. The fourth-order valence-corrected chi connectivity index (χ4v) is 7.47. The molecule has 0 atom stereocenters. The highest BCUT2D eigenvalue weighted by Gasteiger charge is 2.57. The van der Waals surface area contributed by atoms with Crippen LogP contribution in [0.25, 0.3) is 0 Å². The minimum Gasteiger partial charge on any atom is -0.354 e. The molecule has 2 N–H and O–H groups in total. The Kier molecular flexibility index (Phi) is 6.18. The zero-order valence-electron chi connectivity index (χ0n) is 14.2. The minimum absolute atomic E-state index is 0.144. The molecule has 11 heteroatoms. The van der Waals surface area contributed by atoms with E-state index in [4.69, 9.17) is 11.6 Å². The summed E-state index contributed by atoms with van der Waals surface area (Å²) in [6.45, 7) is 4.06. The van der Waals surface area contributed by atoms with Gasteiger partial charge in [0.1, 0.15) is 5.82 Å². The number of halogens is 1. The molecule has 1 aliphatic heterocycles. The smallest absolute Gasteiger partial charge is 0.348 e. The maximum atomic E-state index is 13.0. The highest BCUT2D eigenvalue weighted by atomic mass is 35.5. The molecule has 0 aromatic carbocycles. The van der Waals surface area contributed by atoms with Crippen LogP contribution in [-0.2, 0) is 14.6 Å². The van der Waals surface area contributed by atoms with Gasteiger partial charge < -0.3 is 14.7 Å². The van der Waals surface area contributed by atoms with Gasteiger partial charge in [-0.25, -0.2) is 13.4 Å². The maximum Gasteiger partial charge on any atom is 0.348 e. The zero-order chi connectivity index (χ0) is 18.9. The average Bonchev–Trinajstić information content (AvgIpc) is 2.56. The van der Waals surface area contributed by atoms with Crippen molar-refractivity contribution < 1.29 is 22.8 Å². The Labute approximate surface area is 153 Å². The van der Waals surface area contributed by atoms with Gasteiger partial charge in [0.15, 0.2) is 4.49 Å². The van der Waals surface area contributed by atoms with Crippen LogP contribution in [0.4, 0.5) is 5.82 Å². The highest BCUT2D eigenvalue weighted by Crippen LogP contribution is 2.58. The Morgan fingerprint density at radius 1 is 1.20 bits per heavy atom. The lowest BCUT2D eigenvalue weighted by Crippen LogP contribution is -2.55. The molecule has 1 aromatic rings. The topological polar surface area (TPSA) is 111 Å². The van der Waals surface area contributed by atoms with E-state index in [9.17, 15) is 22.8 Å². The molecule has 0 saturated carbocycles. The molecule has 1 fully saturated rings. The van der Waals surface area contributed by atoms with Crippen LogP contribution in [0.2, 0.25) is 5.02 Å². The van der Waals surface area contributed by atoms with Gasteiger partial charge in [0.05, 0.1) is 5.02 Å². The molecule has 0 aliphatic carbocycles. The first kappa shape index (κ1) is 20.6. The molecule has 0 spiro atoms. The van der Waals surface area contributed by atoms with Crippen LogP contribution in [0.15, 0.2) is 18.3 Å². The quantitative estimate of drug-likeness (QED) is 0.687. The van der Waals surface area contributed by atoms with Crippen LogP contribution in [0.3, 0.4) is 0 Å². The third-order valence-corrected chi connectivity index (χ3v) is 10.6. The van der Waals surface area contributed by atoms with Crippen LogP contribution in [0.5, 0.6) is 0 Å². The Balaban J connectivity index is 2.20. The van der Waals surface area contributed by atoms with Crippen molar-refractivity contribution in [3.63, 3.8) is 0 Å². The van der Waals surface area contributed by atoms with Crippen molar-refractivity contribution >= 4 is 35.0 Å². The van der Waals surface area contributed by atoms with Crippen molar-refractivity contribution in [2.45, 2.75) is 31.2 Å². The van der Waals surface area contributed by atoms with Gasteiger partial charge >= 0.3 is 7.60 Å². The molecule has 1 aromatic heterocycles. The molecule has 1 saturated heterocycles. The van der Waals surface area contributed by atoms with Crippen molar-refractivity contribution in [1.29, 1.82) is 0 Å². The average molecular weight is 412 g/mol. The molecular weight excluding hydrogens is 389 g/mol.